The molecule has 0 spiro atoms. The highest BCUT2D eigenvalue weighted by Gasteiger charge is 2.48. The first-order valence-corrected chi connectivity index (χ1v) is 9.55. The molecule has 4 heterocycles. The number of rotatable bonds is 2. The Morgan fingerprint density at radius 3 is 3.00 bits per heavy atom. The van der Waals surface area contributed by atoms with Gasteiger partial charge in [0.25, 0.3) is 0 Å². The minimum absolute atomic E-state index is 0.170. The van der Waals surface area contributed by atoms with Crippen LogP contribution in [0.25, 0.3) is 0 Å². The normalized spacial score (nSPS) is 26.8. The Morgan fingerprint density at radius 2 is 2.16 bits per heavy atom. The summed E-state index contributed by atoms with van der Waals surface area (Å²) in [5.41, 5.74) is 2.22. The van der Waals surface area contributed by atoms with E-state index < -0.39 is 0 Å². The van der Waals surface area contributed by atoms with Crippen molar-refractivity contribution in [2.75, 3.05) is 16.6 Å². The zero-order chi connectivity index (χ0) is 16.8. The third kappa shape index (κ3) is 2.34. The summed E-state index contributed by atoms with van der Waals surface area (Å²) in [6, 6.07) is 4.37. The summed E-state index contributed by atoms with van der Waals surface area (Å²) in [7, 11) is 0. The van der Waals surface area contributed by atoms with E-state index in [1.807, 2.05) is 30.9 Å². The Labute approximate surface area is 150 Å². The predicted octanol–water partition coefficient (Wildman–Crippen LogP) is 2.69. The standard InChI is InChI=1S/C18H18N6S/c1-25-18-20-9-12-11-23-17(21-16(12)22-18)14-6-2-3-7-15(14)24(23)13-5-4-8-19-10-13/h2-10,14-15,17H,11H2,1H3,(H,20,21,22). The SMILES string of the molecule is CSc1ncc2c(n1)NC1C3C=CC=CC3N(c3cccnc3)N1C2. The van der Waals surface area contributed by atoms with E-state index in [1.165, 1.54) is 0 Å². The monoisotopic (exact) mass is 350 g/mol. The molecule has 0 bridgehead atoms. The number of thioether (sulfide) groups is 1. The first-order valence-electron chi connectivity index (χ1n) is 8.32. The summed E-state index contributed by atoms with van der Waals surface area (Å²) in [4.78, 5) is 13.4. The first kappa shape index (κ1) is 14.9. The van der Waals surface area contributed by atoms with Gasteiger partial charge in [-0.25, -0.2) is 9.97 Å². The van der Waals surface area contributed by atoms with Crippen molar-refractivity contribution in [3.8, 4) is 0 Å². The Bertz CT molecular complexity index is 852. The summed E-state index contributed by atoms with van der Waals surface area (Å²) in [6.45, 7) is 0.783. The maximum Gasteiger partial charge on any atom is 0.189 e. The highest BCUT2D eigenvalue weighted by atomic mass is 32.2. The fourth-order valence-corrected chi connectivity index (χ4v) is 4.19. The highest BCUT2D eigenvalue weighted by Crippen LogP contribution is 2.41. The molecule has 7 heteroatoms. The van der Waals surface area contributed by atoms with Gasteiger partial charge in [0, 0.05) is 23.9 Å². The smallest absolute Gasteiger partial charge is 0.189 e. The van der Waals surface area contributed by atoms with Crippen LogP contribution in [0.1, 0.15) is 5.56 Å². The van der Waals surface area contributed by atoms with Crippen molar-refractivity contribution in [3.05, 3.63) is 60.6 Å². The topological polar surface area (TPSA) is 57.2 Å². The summed E-state index contributed by atoms with van der Waals surface area (Å²) in [6.07, 6.45) is 16.7. The lowest BCUT2D eigenvalue weighted by Crippen LogP contribution is -2.48. The van der Waals surface area contributed by atoms with Crippen molar-refractivity contribution in [1.29, 1.82) is 0 Å². The molecule has 3 unspecified atom stereocenters. The molecule has 0 amide bonds. The number of anilines is 2. The van der Waals surface area contributed by atoms with Crippen LogP contribution >= 0.6 is 11.8 Å². The van der Waals surface area contributed by atoms with Crippen LogP contribution in [0.5, 0.6) is 0 Å². The molecule has 0 saturated carbocycles. The summed E-state index contributed by atoms with van der Waals surface area (Å²) in [5, 5.41) is 9.17. The van der Waals surface area contributed by atoms with Crippen LogP contribution < -0.4 is 10.3 Å². The van der Waals surface area contributed by atoms with Crippen molar-refractivity contribution in [3.63, 3.8) is 0 Å². The molecular weight excluding hydrogens is 332 g/mol. The van der Waals surface area contributed by atoms with Gasteiger partial charge in [-0.2, -0.15) is 5.01 Å². The molecule has 6 nitrogen and oxygen atoms in total. The lowest BCUT2D eigenvalue weighted by Gasteiger charge is -2.38. The van der Waals surface area contributed by atoms with E-state index in [4.69, 9.17) is 0 Å². The summed E-state index contributed by atoms with van der Waals surface area (Å²) in [5.74, 6) is 1.31. The number of hydrazine groups is 1. The molecule has 2 aromatic heterocycles. The van der Waals surface area contributed by atoms with E-state index in [2.05, 4.69) is 60.7 Å². The third-order valence-electron chi connectivity index (χ3n) is 4.94. The van der Waals surface area contributed by atoms with Gasteiger partial charge in [-0.15, -0.1) is 0 Å². The molecule has 3 atom stereocenters. The van der Waals surface area contributed by atoms with Gasteiger partial charge in [0.2, 0.25) is 0 Å². The predicted molar refractivity (Wildman–Crippen MR) is 99.0 cm³/mol. The number of pyridine rings is 1. The molecule has 1 saturated heterocycles. The van der Waals surface area contributed by atoms with Crippen molar-refractivity contribution in [2.45, 2.75) is 23.9 Å². The van der Waals surface area contributed by atoms with Crippen LogP contribution in [0.3, 0.4) is 0 Å². The number of nitrogens with zero attached hydrogens (tertiary/aromatic N) is 5. The second kappa shape index (κ2) is 5.86. The summed E-state index contributed by atoms with van der Waals surface area (Å²) >= 11 is 1.57. The molecule has 126 valence electrons. The highest BCUT2D eigenvalue weighted by molar-refractivity contribution is 7.98. The number of nitrogens with one attached hydrogen (secondary N) is 1. The van der Waals surface area contributed by atoms with Gasteiger partial charge in [-0.05, 0) is 18.4 Å². The van der Waals surface area contributed by atoms with E-state index in [-0.39, 0.29) is 12.2 Å². The number of fused-ring (bicyclic) bond motifs is 4. The molecular formula is C18H18N6S. The van der Waals surface area contributed by atoms with E-state index in [0.717, 1.165) is 28.8 Å². The summed E-state index contributed by atoms with van der Waals surface area (Å²) < 4.78 is 0. The van der Waals surface area contributed by atoms with Crippen LogP contribution in [0.4, 0.5) is 11.5 Å². The molecule has 3 aliphatic rings. The third-order valence-corrected chi connectivity index (χ3v) is 5.51. The van der Waals surface area contributed by atoms with Crippen molar-refractivity contribution in [1.82, 2.24) is 20.0 Å². The molecule has 1 fully saturated rings. The van der Waals surface area contributed by atoms with Gasteiger partial charge >= 0.3 is 0 Å². The van der Waals surface area contributed by atoms with Crippen LogP contribution in [-0.2, 0) is 6.54 Å². The Morgan fingerprint density at radius 1 is 1.24 bits per heavy atom. The van der Waals surface area contributed by atoms with Crippen LogP contribution in [0.15, 0.2) is 60.2 Å². The number of hydrogen-bond acceptors (Lipinski definition) is 7. The van der Waals surface area contributed by atoms with Gasteiger partial charge in [-0.3, -0.25) is 9.99 Å². The maximum atomic E-state index is 4.67. The fraction of sp³-hybridized carbons (Fsp3) is 0.278. The molecule has 25 heavy (non-hydrogen) atoms. The average Bonchev–Trinajstić information content (AvgIpc) is 3.00. The molecule has 0 radical (unpaired) electrons. The zero-order valence-corrected chi connectivity index (χ0v) is 14.6. The second-order valence-corrected chi connectivity index (χ2v) is 7.08. The van der Waals surface area contributed by atoms with Crippen LogP contribution in [0, 0.1) is 5.92 Å². The van der Waals surface area contributed by atoms with E-state index >= 15 is 0 Å². The van der Waals surface area contributed by atoms with Gasteiger partial charge in [0.15, 0.2) is 5.16 Å². The molecule has 2 aliphatic heterocycles. The Hall–Kier alpha value is -2.38. The van der Waals surface area contributed by atoms with E-state index in [0.29, 0.717) is 5.92 Å². The largest absolute Gasteiger partial charge is 0.352 e. The van der Waals surface area contributed by atoms with Crippen molar-refractivity contribution in [2.24, 2.45) is 5.92 Å². The molecule has 2 aromatic rings. The van der Waals surface area contributed by atoms with Crippen molar-refractivity contribution < 1.29 is 0 Å². The maximum absolute atomic E-state index is 4.67. The van der Waals surface area contributed by atoms with Gasteiger partial charge in [-0.1, -0.05) is 36.1 Å². The average molecular weight is 350 g/mol. The first-order chi connectivity index (χ1) is 12.3. The fourth-order valence-electron chi connectivity index (χ4n) is 3.85. The number of allylic oxidation sites excluding steroid dienone is 2. The number of hydrogen-bond donors (Lipinski definition) is 1. The van der Waals surface area contributed by atoms with Crippen LogP contribution in [-0.4, -0.2) is 38.4 Å². The second-order valence-electron chi connectivity index (χ2n) is 6.31. The van der Waals surface area contributed by atoms with E-state index in [1.54, 1.807) is 11.8 Å². The Balaban J connectivity index is 1.58. The minimum atomic E-state index is 0.170. The van der Waals surface area contributed by atoms with Gasteiger partial charge < -0.3 is 5.32 Å². The number of aromatic nitrogens is 3. The molecule has 1 N–H and O–H groups in total. The lowest BCUT2D eigenvalue weighted by molar-refractivity contribution is 0.220. The zero-order valence-electron chi connectivity index (χ0n) is 13.8. The molecule has 5 rings (SSSR count). The molecule has 1 aliphatic carbocycles. The van der Waals surface area contributed by atoms with Crippen molar-refractivity contribution >= 4 is 23.3 Å². The Kier molecular flexibility index (Phi) is 3.50. The van der Waals surface area contributed by atoms with Crippen LogP contribution in [0.2, 0.25) is 0 Å². The minimum Gasteiger partial charge on any atom is -0.352 e. The molecule has 0 aromatic carbocycles. The van der Waals surface area contributed by atoms with Gasteiger partial charge in [0.1, 0.15) is 12.0 Å². The quantitative estimate of drug-likeness (QED) is 0.660. The lowest BCUT2D eigenvalue weighted by atomic mass is 9.93. The van der Waals surface area contributed by atoms with E-state index in [9.17, 15) is 0 Å². The van der Waals surface area contributed by atoms with Gasteiger partial charge in [0.05, 0.1) is 24.5 Å².